The van der Waals surface area contributed by atoms with Crippen LogP contribution >= 0.6 is 0 Å². The van der Waals surface area contributed by atoms with Gasteiger partial charge in [-0.2, -0.15) is 0 Å². The fraction of sp³-hybridized carbons (Fsp3) is 0.538. The summed E-state index contributed by atoms with van der Waals surface area (Å²) in [7, 11) is 3.31. The van der Waals surface area contributed by atoms with Crippen LogP contribution in [0.25, 0.3) is 0 Å². The fourth-order valence-electron chi connectivity index (χ4n) is 2.21. The van der Waals surface area contributed by atoms with Gasteiger partial charge < -0.3 is 15.2 Å². The average Bonchev–Trinajstić information content (AvgIpc) is 2.79. The summed E-state index contributed by atoms with van der Waals surface area (Å²) in [4.78, 5) is 0. The summed E-state index contributed by atoms with van der Waals surface area (Å²) in [5, 5.41) is 0. The molecule has 2 rings (SSSR count). The average molecular weight is 221 g/mol. The zero-order valence-electron chi connectivity index (χ0n) is 10.3. The van der Waals surface area contributed by atoms with Crippen molar-refractivity contribution in [2.24, 2.45) is 11.1 Å². The molecule has 3 heteroatoms. The molecule has 0 spiro atoms. The predicted molar refractivity (Wildman–Crippen MR) is 63.8 cm³/mol. The SMILES string of the molecule is COc1cc(OC)cc(C2(N)CC2(C)C)c1. The fourth-order valence-corrected chi connectivity index (χ4v) is 2.21. The van der Waals surface area contributed by atoms with Crippen LogP contribution in [-0.4, -0.2) is 14.2 Å². The summed E-state index contributed by atoms with van der Waals surface area (Å²) in [6.07, 6.45) is 0.996. The van der Waals surface area contributed by atoms with Gasteiger partial charge in [-0.15, -0.1) is 0 Å². The number of hydrogen-bond acceptors (Lipinski definition) is 3. The van der Waals surface area contributed by atoms with E-state index in [2.05, 4.69) is 13.8 Å². The Balaban J connectivity index is 2.42. The molecule has 0 heterocycles. The Bertz CT molecular complexity index is 392. The molecule has 0 aromatic heterocycles. The number of nitrogens with two attached hydrogens (primary N) is 1. The van der Waals surface area contributed by atoms with Crippen LogP contribution in [0, 0.1) is 5.41 Å². The van der Waals surface area contributed by atoms with Gasteiger partial charge in [-0.25, -0.2) is 0 Å². The minimum Gasteiger partial charge on any atom is -0.497 e. The van der Waals surface area contributed by atoms with Crippen LogP contribution < -0.4 is 15.2 Å². The summed E-state index contributed by atoms with van der Waals surface area (Å²) < 4.78 is 10.5. The van der Waals surface area contributed by atoms with Crippen molar-refractivity contribution in [2.45, 2.75) is 25.8 Å². The second-order valence-electron chi connectivity index (χ2n) is 5.13. The molecule has 1 aromatic rings. The Labute approximate surface area is 96.5 Å². The van der Waals surface area contributed by atoms with Gasteiger partial charge in [0.2, 0.25) is 0 Å². The highest BCUT2D eigenvalue weighted by atomic mass is 16.5. The van der Waals surface area contributed by atoms with Gasteiger partial charge in [0.05, 0.1) is 14.2 Å². The van der Waals surface area contributed by atoms with Crippen LogP contribution in [0.4, 0.5) is 0 Å². The zero-order valence-corrected chi connectivity index (χ0v) is 10.3. The first-order valence-corrected chi connectivity index (χ1v) is 5.45. The van der Waals surface area contributed by atoms with E-state index < -0.39 is 0 Å². The van der Waals surface area contributed by atoms with Crippen molar-refractivity contribution in [3.05, 3.63) is 23.8 Å². The molecule has 0 radical (unpaired) electrons. The van der Waals surface area contributed by atoms with Gasteiger partial charge in [-0.3, -0.25) is 0 Å². The molecule has 16 heavy (non-hydrogen) atoms. The molecule has 0 bridgehead atoms. The van der Waals surface area contributed by atoms with E-state index in [0.717, 1.165) is 23.5 Å². The van der Waals surface area contributed by atoms with E-state index in [9.17, 15) is 0 Å². The predicted octanol–water partition coefficient (Wildman–Crippen LogP) is 2.29. The van der Waals surface area contributed by atoms with E-state index in [1.54, 1.807) is 14.2 Å². The van der Waals surface area contributed by atoms with Crippen molar-refractivity contribution in [1.29, 1.82) is 0 Å². The number of methoxy groups -OCH3 is 2. The highest BCUT2D eigenvalue weighted by Crippen LogP contribution is 2.60. The molecule has 1 atom stereocenters. The third-order valence-corrected chi connectivity index (χ3v) is 3.67. The molecule has 1 aliphatic carbocycles. The number of ether oxygens (including phenoxy) is 2. The summed E-state index contributed by atoms with van der Waals surface area (Å²) >= 11 is 0. The van der Waals surface area contributed by atoms with Crippen LogP contribution in [-0.2, 0) is 5.54 Å². The van der Waals surface area contributed by atoms with Gasteiger partial charge in [0.15, 0.2) is 0 Å². The lowest BCUT2D eigenvalue weighted by Crippen LogP contribution is -2.25. The molecule has 1 aliphatic rings. The maximum atomic E-state index is 6.38. The normalized spacial score (nSPS) is 26.3. The first-order valence-electron chi connectivity index (χ1n) is 5.45. The molecule has 1 saturated carbocycles. The van der Waals surface area contributed by atoms with Gasteiger partial charge in [0.1, 0.15) is 11.5 Å². The Hall–Kier alpha value is -1.22. The number of rotatable bonds is 3. The second-order valence-corrected chi connectivity index (χ2v) is 5.13. The second kappa shape index (κ2) is 3.39. The van der Waals surface area contributed by atoms with Crippen molar-refractivity contribution < 1.29 is 9.47 Å². The third kappa shape index (κ3) is 1.55. The van der Waals surface area contributed by atoms with Gasteiger partial charge >= 0.3 is 0 Å². The van der Waals surface area contributed by atoms with Gasteiger partial charge in [-0.1, -0.05) is 13.8 Å². The summed E-state index contributed by atoms with van der Waals surface area (Å²) in [6, 6.07) is 5.86. The molecular formula is C13H19NO2. The molecule has 0 saturated heterocycles. The van der Waals surface area contributed by atoms with Gasteiger partial charge in [0.25, 0.3) is 0 Å². The molecule has 1 aromatic carbocycles. The number of hydrogen-bond donors (Lipinski definition) is 1. The van der Waals surface area contributed by atoms with Crippen LogP contribution in [0.2, 0.25) is 0 Å². The maximum Gasteiger partial charge on any atom is 0.122 e. The lowest BCUT2D eigenvalue weighted by atomic mass is 9.96. The highest BCUT2D eigenvalue weighted by molar-refractivity contribution is 5.45. The monoisotopic (exact) mass is 221 g/mol. The highest BCUT2D eigenvalue weighted by Gasteiger charge is 2.59. The van der Waals surface area contributed by atoms with Gasteiger partial charge in [-0.05, 0) is 29.5 Å². The quantitative estimate of drug-likeness (QED) is 0.851. The topological polar surface area (TPSA) is 44.5 Å². The van der Waals surface area contributed by atoms with E-state index in [4.69, 9.17) is 15.2 Å². The zero-order chi connectivity index (χ0) is 12.0. The standard InChI is InChI=1S/C13H19NO2/c1-12(2)8-13(12,14)9-5-10(15-3)7-11(6-9)16-4/h5-7H,8,14H2,1-4H3. The lowest BCUT2D eigenvalue weighted by Gasteiger charge is -2.17. The summed E-state index contributed by atoms with van der Waals surface area (Å²) in [5.41, 5.74) is 7.39. The molecule has 3 nitrogen and oxygen atoms in total. The Morgan fingerprint density at radius 3 is 1.81 bits per heavy atom. The van der Waals surface area contributed by atoms with Crippen LogP contribution in [0.1, 0.15) is 25.8 Å². The Kier molecular flexibility index (Phi) is 2.39. The van der Waals surface area contributed by atoms with Crippen molar-refractivity contribution >= 4 is 0 Å². The van der Waals surface area contributed by atoms with E-state index >= 15 is 0 Å². The lowest BCUT2D eigenvalue weighted by molar-refractivity contribution is 0.390. The van der Waals surface area contributed by atoms with E-state index in [-0.39, 0.29) is 11.0 Å². The van der Waals surface area contributed by atoms with Crippen molar-refractivity contribution in [3.8, 4) is 11.5 Å². The summed E-state index contributed by atoms with van der Waals surface area (Å²) in [6.45, 7) is 4.36. The summed E-state index contributed by atoms with van der Waals surface area (Å²) in [5.74, 6) is 1.59. The molecule has 2 N–H and O–H groups in total. The van der Waals surface area contributed by atoms with E-state index in [0.29, 0.717) is 0 Å². The van der Waals surface area contributed by atoms with E-state index in [1.807, 2.05) is 18.2 Å². The minimum absolute atomic E-state index is 0.157. The van der Waals surface area contributed by atoms with E-state index in [1.165, 1.54) is 0 Å². The van der Waals surface area contributed by atoms with Gasteiger partial charge in [0, 0.05) is 11.6 Å². The largest absolute Gasteiger partial charge is 0.497 e. The van der Waals surface area contributed by atoms with Crippen LogP contribution in [0.15, 0.2) is 18.2 Å². The smallest absolute Gasteiger partial charge is 0.122 e. The first kappa shape index (κ1) is 11.3. The molecule has 0 amide bonds. The molecule has 88 valence electrons. The molecular weight excluding hydrogens is 202 g/mol. The first-order chi connectivity index (χ1) is 7.43. The maximum absolute atomic E-state index is 6.38. The Morgan fingerprint density at radius 2 is 1.50 bits per heavy atom. The van der Waals surface area contributed by atoms with Crippen LogP contribution in [0.5, 0.6) is 11.5 Å². The van der Waals surface area contributed by atoms with Crippen LogP contribution in [0.3, 0.4) is 0 Å². The molecule has 1 fully saturated rings. The van der Waals surface area contributed by atoms with Crippen molar-refractivity contribution in [3.63, 3.8) is 0 Å². The Morgan fingerprint density at radius 1 is 1.06 bits per heavy atom. The number of benzene rings is 1. The third-order valence-electron chi connectivity index (χ3n) is 3.67. The van der Waals surface area contributed by atoms with Crippen molar-refractivity contribution in [2.75, 3.05) is 14.2 Å². The molecule has 1 unspecified atom stereocenters. The van der Waals surface area contributed by atoms with Crippen molar-refractivity contribution in [1.82, 2.24) is 0 Å². The molecule has 0 aliphatic heterocycles. The minimum atomic E-state index is -0.241.